The number of aryl methyl sites for hydroxylation is 1. The first kappa shape index (κ1) is 22.8. The fourth-order valence-electron chi connectivity index (χ4n) is 3.44. The minimum absolute atomic E-state index is 0.315. The SMILES string of the molecule is COc1cccc(C(=O)Nc2ccc(Oc3cc(-n4nc(C)c(C)c4C)ncn3)cc2)c1OC. The second-order valence-corrected chi connectivity index (χ2v) is 7.54. The number of carbonyl (C=O) groups excluding carboxylic acids is 1. The van der Waals surface area contributed by atoms with Gasteiger partial charge < -0.3 is 19.5 Å². The lowest BCUT2D eigenvalue weighted by molar-refractivity contribution is 0.102. The van der Waals surface area contributed by atoms with E-state index in [1.54, 1.807) is 53.2 Å². The molecule has 0 radical (unpaired) electrons. The lowest BCUT2D eigenvalue weighted by Gasteiger charge is -2.13. The van der Waals surface area contributed by atoms with Gasteiger partial charge in [-0.05, 0) is 62.7 Å². The Balaban J connectivity index is 1.48. The van der Waals surface area contributed by atoms with Gasteiger partial charge in [0.05, 0.1) is 25.5 Å². The summed E-state index contributed by atoms with van der Waals surface area (Å²) in [6, 6.07) is 13.8. The van der Waals surface area contributed by atoms with E-state index < -0.39 is 0 Å². The number of nitrogens with one attached hydrogen (secondary N) is 1. The van der Waals surface area contributed by atoms with Crippen LogP contribution in [0.2, 0.25) is 0 Å². The second-order valence-electron chi connectivity index (χ2n) is 7.54. The molecule has 0 unspecified atom stereocenters. The summed E-state index contributed by atoms with van der Waals surface area (Å²) in [7, 11) is 3.02. The molecule has 0 aliphatic carbocycles. The Hall–Kier alpha value is -4.40. The standard InChI is InChI=1S/C25H25N5O4/c1-15-16(2)29-30(17(15)3)22-13-23(27-14-26-22)34-19-11-9-18(10-12-19)28-25(31)20-7-6-8-21(32-4)24(20)33-5/h6-14H,1-5H3,(H,28,31). The van der Waals surface area contributed by atoms with Crippen LogP contribution in [0.3, 0.4) is 0 Å². The summed E-state index contributed by atoms with van der Waals surface area (Å²) >= 11 is 0. The van der Waals surface area contributed by atoms with Gasteiger partial charge in [-0.15, -0.1) is 0 Å². The smallest absolute Gasteiger partial charge is 0.259 e. The van der Waals surface area contributed by atoms with E-state index in [0.29, 0.717) is 40.2 Å². The molecule has 0 aliphatic rings. The summed E-state index contributed by atoms with van der Waals surface area (Å²) in [5, 5.41) is 7.38. The maximum Gasteiger partial charge on any atom is 0.259 e. The molecule has 4 aromatic rings. The van der Waals surface area contributed by atoms with Gasteiger partial charge in [-0.25, -0.2) is 14.6 Å². The maximum absolute atomic E-state index is 12.8. The maximum atomic E-state index is 12.8. The van der Waals surface area contributed by atoms with Crippen LogP contribution in [0.1, 0.15) is 27.3 Å². The highest BCUT2D eigenvalue weighted by molar-refractivity contribution is 6.06. The Morgan fingerprint density at radius 1 is 0.971 bits per heavy atom. The first-order valence-corrected chi connectivity index (χ1v) is 10.6. The van der Waals surface area contributed by atoms with Crippen molar-refractivity contribution >= 4 is 11.6 Å². The summed E-state index contributed by atoms with van der Waals surface area (Å²) in [6.45, 7) is 5.98. The molecule has 4 rings (SSSR count). The molecule has 34 heavy (non-hydrogen) atoms. The number of carbonyl (C=O) groups is 1. The van der Waals surface area contributed by atoms with Crippen molar-refractivity contribution in [1.29, 1.82) is 0 Å². The number of anilines is 1. The van der Waals surface area contributed by atoms with E-state index in [0.717, 1.165) is 17.0 Å². The number of hydrogen-bond acceptors (Lipinski definition) is 7. The summed E-state index contributed by atoms with van der Waals surface area (Å²) in [6.07, 6.45) is 1.44. The van der Waals surface area contributed by atoms with E-state index in [1.807, 2.05) is 20.8 Å². The highest BCUT2D eigenvalue weighted by atomic mass is 16.5. The summed E-state index contributed by atoms with van der Waals surface area (Å²) in [4.78, 5) is 21.3. The molecule has 1 amide bonds. The van der Waals surface area contributed by atoms with Crippen LogP contribution >= 0.6 is 0 Å². The predicted octanol–water partition coefficient (Wildman–Crippen LogP) is 4.65. The topological polar surface area (TPSA) is 100 Å². The van der Waals surface area contributed by atoms with Crippen molar-refractivity contribution in [3.63, 3.8) is 0 Å². The number of methoxy groups -OCH3 is 2. The highest BCUT2D eigenvalue weighted by Gasteiger charge is 2.17. The Bertz CT molecular complexity index is 1330. The molecule has 9 heteroatoms. The first-order valence-electron chi connectivity index (χ1n) is 10.6. The van der Waals surface area contributed by atoms with Crippen molar-refractivity contribution in [1.82, 2.24) is 19.7 Å². The van der Waals surface area contributed by atoms with Crippen molar-refractivity contribution < 1.29 is 19.0 Å². The average Bonchev–Trinajstić information content (AvgIpc) is 3.12. The van der Waals surface area contributed by atoms with Gasteiger partial charge in [0.2, 0.25) is 5.88 Å². The van der Waals surface area contributed by atoms with Crippen LogP contribution in [0.15, 0.2) is 54.9 Å². The zero-order chi connectivity index (χ0) is 24.2. The molecular weight excluding hydrogens is 434 g/mol. The second kappa shape index (κ2) is 9.62. The Morgan fingerprint density at radius 3 is 2.38 bits per heavy atom. The number of rotatable bonds is 7. The number of hydrogen-bond donors (Lipinski definition) is 1. The van der Waals surface area contributed by atoms with E-state index in [2.05, 4.69) is 20.4 Å². The quantitative estimate of drug-likeness (QED) is 0.429. The van der Waals surface area contributed by atoms with Crippen molar-refractivity contribution in [3.8, 4) is 28.9 Å². The monoisotopic (exact) mass is 459 g/mol. The Morgan fingerprint density at radius 2 is 1.74 bits per heavy atom. The van der Waals surface area contributed by atoms with Crippen molar-refractivity contribution in [2.45, 2.75) is 20.8 Å². The lowest BCUT2D eigenvalue weighted by Crippen LogP contribution is -2.13. The molecule has 174 valence electrons. The van der Waals surface area contributed by atoms with Crippen LogP contribution in [-0.4, -0.2) is 39.9 Å². The van der Waals surface area contributed by atoms with E-state index in [-0.39, 0.29) is 5.91 Å². The van der Waals surface area contributed by atoms with Gasteiger partial charge in [-0.2, -0.15) is 5.10 Å². The minimum atomic E-state index is -0.315. The number of ether oxygens (including phenoxy) is 3. The molecule has 1 N–H and O–H groups in total. The van der Waals surface area contributed by atoms with Gasteiger partial charge in [-0.3, -0.25) is 4.79 Å². The highest BCUT2D eigenvalue weighted by Crippen LogP contribution is 2.31. The average molecular weight is 460 g/mol. The summed E-state index contributed by atoms with van der Waals surface area (Å²) in [5.74, 6) is 2.11. The minimum Gasteiger partial charge on any atom is -0.493 e. The van der Waals surface area contributed by atoms with E-state index in [9.17, 15) is 4.79 Å². The number of nitrogens with zero attached hydrogens (tertiary/aromatic N) is 4. The normalized spacial score (nSPS) is 10.6. The van der Waals surface area contributed by atoms with Gasteiger partial charge in [-0.1, -0.05) is 6.07 Å². The van der Waals surface area contributed by atoms with Gasteiger partial charge in [0.1, 0.15) is 12.1 Å². The van der Waals surface area contributed by atoms with Gasteiger partial charge >= 0.3 is 0 Å². The molecule has 2 aromatic carbocycles. The number of para-hydroxylation sites is 1. The lowest BCUT2D eigenvalue weighted by atomic mass is 10.1. The third-order valence-electron chi connectivity index (χ3n) is 5.48. The van der Waals surface area contributed by atoms with Crippen LogP contribution in [0.25, 0.3) is 5.82 Å². The summed E-state index contributed by atoms with van der Waals surface area (Å²) in [5.41, 5.74) is 4.04. The summed E-state index contributed by atoms with van der Waals surface area (Å²) < 4.78 is 18.3. The van der Waals surface area contributed by atoms with Crippen molar-refractivity contribution in [2.24, 2.45) is 0 Å². The van der Waals surface area contributed by atoms with Crippen LogP contribution < -0.4 is 19.5 Å². The van der Waals surface area contributed by atoms with E-state index in [4.69, 9.17) is 14.2 Å². The Kier molecular flexibility index (Phi) is 6.44. The molecule has 2 heterocycles. The molecule has 2 aromatic heterocycles. The molecule has 9 nitrogen and oxygen atoms in total. The molecule has 0 spiro atoms. The third kappa shape index (κ3) is 4.54. The molecular formula is C25H25N5O4. The molecule has 0 atom stereocenters. The van der Waals surface area contributed by atoms with Gasteiger partial charge in [0, 0.05) is 17.4 Å². The largest absolute Gasteiger partial charge is 0.493 e. The van der Waals surface area contributed by atoms with Crippen LogP contribution in [0, 0.1) is 20.8 Å². The number of aromatic nitrogens is 4. The molecule has 0 fully saturated rings. The Labute approximate surface area is 197 Å². The van der Waals surface area contributed by atoms with Gasteiger partial charge in [0.25, 0.3) is 5.91 Å². The number of amides is 1. The fourth-order valence-corrected chi connectivity index (χ4v) is 3.44. The zero-order valence-electron chi connectivity index (χ0n) is 19.6. The van der Waals surface area contributed by atoms with Crippen molar-refractivity contribution in [3.05, 3.63) is 77.4 Å². The van der Waals surface area contributed by atoms with Crippen LogP contribution in [0.5, 0.6) is 23.1 Å². The molecule has 0 aliphatic heterocycles. The van der Waals surface area contributed by atoms with E-state index >= 15 is 0 Å². The third-order valence-corrected chi connectivity index (χ3v) is 5.48. The molecule has 0 saturated carbocycles. The van der Waals surface area contributed by atoms with Crippen LogP contribution in [0.4, 0.5) is 5.69 Å². The van der Waals surface area contributed by atoms with E-state index in [1.165, 1.54) is 20.5 Å². The van der Waals surface area contributed by atoms with Crippen molar-refractivity contribution in [2.75, 3.05) is 19.5 Å². The molecule has 0 saturated heterocycles. The van der Waals surface area contributed by atoms with Gasteiger partial charge in [0.15, 0.2) is 17.3 Å². The van der Waals surface area contributed by atoms with Crippen LogP contribution in [-0.2, 0) is 0 Å². The fraction of sp³-hybridized carbons (Fsp3) is 0.200. The number of benzene rings is 2. The molecule has 0 bridgehead atoms. The first-order chi connectivity index (χ1) is 16.4. The zero-order valence-corrected chi connectivity index (χ0v) is 19.6. The predicted molar refractivity (Wildman–Crippen MR) is 127 cm³/mol.